The van der Waals surface area contributed by atoms with E-state index in [9.17, 15) is 15.0 Å². The van der Waals surface area contributed by atoms with Crippen molar-refractivity contribution in [2.24, 2.45) is 69.5 Å². The van der Waals surface area contributed by atoms with E-state index in [-0.39, 0.29) is 40.0 Å². The summed E-state index contributed by atoms with van der Waals surface area (Å²) in [4.78, 5) is 12.7. The minimum absolute atomic E-state index is 0.00250. The highest BCUT2D eigenvalue weighted by Crippen LogP contribution is 2.73. The molecule has 5 aliphatic rings. The number of carbonyl (C=O) groups is 1. The van der Waals surface area contributed by atoms with Crippen LogP contribution in [0, 0.1) is 69.5 Å². The molecule has 0 aromatic heterocycles. The first-order valence-electron chi connectivity index (χ1n) is 16.8. The summed E-state index contributed by atoms with van der Waals surface area (Å²) in [5.41, 5.74) is 1.34. The predicted octanol–water partition coefficient (Wildman–Crippen LogP) is 8.23. The monoisotopic (exact) mass is 540 g/mol. The fourth-order valence-electron chi connectivity index (χ4n) is 12.5. The van der Waals surface area contributed by atoms with Crippen molar-refractivity contribution in [3.8, 4) is 0 Å². The highest BCUT2D eigenvalue weighted by atomic mass is 16.3. The van der Waals surface area contributed by atoms with Crippen LogP contribution in [-0.4, -0.2) is 28.2 Å². The van der Waals surface area contributed by atoms with Gasteiger partial charge in [-0.1, -0.05) is 73.0 Å². The molecule has 5 rings (SSSR count). The summed E-state index contributed by atoms with van der Waals surface area (Å²) < 4.78 is 0. The van der Waals surface area contributed by atoms with Crippen LogP contribution in [0.4, 0.5) is 0 Å². The molecular weight excluding hydrogens is 480 g/mol. The average Bonchev–Trinajstić information content (AvgIpc) is 2.85. The molecule has 0 aromatic rings. The number of hydrogen-bond donors (Lipinski definition) is 2. The second-order valence-electron chi connectivity index (χ2n) is 16.5. The first kappa shape index (κ1) is 29.8. The minimum Gasteiger partial charge on any atom is -0.393 e. The van der Waals surface area contributed by atoms with E-state index < -0.39 is 6.10 Å². The Morgan fingerprint density at radius 2 is 1.67 bits per heavy atom. The van der Waals surface area contributed by atoms with Crippen LogP contribution in [0.1, 0.15) is 126 Å². The van der Waals surface area contributed by atoms with Gasteiger partial charge in [-0.3, -0.25) is 4.79 Å². The topological polar surface area (TPSA) is 57.5 Å². The zero-order valence-corrected chi connectivity index (χ0v) is 26.3. The van der Waals surface area contributed by atoms with E-state index in [1.807, 2.05) is 0 Å². The van der Waals surface area contributed by atoms with Gasteiger partial charge in [0.1, 0.15) is 5.78 Å². The summed E-state index contributed by atoms with van der Waals surface area (Å²) in [5.74, 6) is 3.87. The van der Waals surface area contributed by atoms with Gasteiger partial charge in [0, 0.05) is 11.3 Å². The summed E-state index contributed by atoms with van der Waals surface area (Å²) in [7, 11) is 0. The average molecular weight is 541 g/mol. The number of fused-ring (bicyclic) bond motifs is 3. The SMILES string of the molecule is C=C1C2C(C)CCC(CCC(O)C3CCCCC3)C2CC2(C)CC3(C)CC(C)C(C(C)=O)C(O)C3(C)C(C)C12. The van der Waals surface area contributed by atoms with E-state index in [2.05, 4.69) is 41.5 Å². The number of Topliss-reactive ketones (excluding diaryl/α,β-unsaturated/α-hetero) is 1. The Hall–Kier alpha value is -0.670. The van der Waals surface area contributed by atoms with Gasteiger partial charge in [-0.25, -0.2) is 0 Å². The van der Waals surface area contributed by atoms with E-state index in [1.54, 1.807) is 6.92 Å². The normalized spacial score (nSPS) is 51.4. The molecule has 0 spiro atoms. The molecule has 3 nitrogen and oxygen atoms in total. The van der Waals surface area contributed by atoms with Crippen LogP contribution in [0.5, 0.6) is 0 Å². The summed E-state index contributed by atoms with van der Waals surface area (Å²) in [6.07, 6.45) is 13.8. The summed E-state index contributed by atoms with van der Waals surface area (Å²) >= 11 is 0. The number of ketones is 1. The van der Waals surface area contributed by atoms with E-state index in [4.69, 9.17) is 6.58 Å². The number of carbonyl (C=O) groups excluding carboxylic acids is 1. The van der Waals surface area contributed by atoms with Crippen molar-refractivity contribution in [3.05, 3.63) is 12.2 Å². The van der Waals surface area contributed by atoms with Gasteiger partial charge >= 0.3 is 0 Å². The third kappa shape index (κ3) is 4.63. The van der Waals surface area contributed by atoms with Crippen LogP contribution in [0.3, 0.4) is 0 Å². The summed E-state index contributed by atoms with van der Waals surface area (Å²) in [5, 5.41) is 23.1. The van der Waals surface area contributed by atoms with E-state index >= 15 is 0 Å². The molecule has 222 valence electrons. The highest BCUT2D eigenvalue weighted by molar-refractivity contribution is 5.79. The third-order valence-corrected chi connectivity index (χ3v) is 14.3. The van der Waals surface area contributed by atoms with Crippen molar-refractivity contribution in [1.29, 1.82) is 0 Å². The maximum absolute atomic E-state index is 12.7. The second kappa shape index (κ2) is 10.6. The Balaban J connectivity index is 1.42. The lowest BCUT2D eigenvalue weighted by molar-refractivity contribution is -0.236. The molecule has 0 saturated heterocycles. The molecular formula is C36H60O3. The highest BCUT2D eigenvalue weighted by Gasteiger charge is 2.69. The van der Waals surface area contributed by atoms with Crippen molar-refractivity contribution in [3.63, 3.8) is 0 Å². The summed E-state index contributed by atoms with van der Waals surface area (Å²) in [6.45, 7) is 21.0. The number of aliphatic hydroxyl groups is 2. The van der Waals surface area contributed by atoms with Gasteiger partial charge in [-0.05, 0) is 123 Å². The zero-order valence-electron chi connectivity index (χ0n) is 26.3. The third-order valence-electron chi connectivity index (χ3n) is 14.3. The van der Waals surface area contributed by atoms with Crippen LogP contribution in [0.2, 0.25) is 0 Å². The number of aliphatic hydroxyl groups excluding tert-OH is 2. The van der Waals surface area contributed by atoms with Crippen LogP contribution >= 0.6 is 0 Å². The van der Waals surface area contributed by atoms with Gasteiger partial charge in [0.2, 0.25) is 0 Å². The van der Waals surface area contributed by atoms with Crippen LogP contribution in [0.15, 0.2) is 12.2 Å². The quantitative estimate of drug-likeness (QED) is 0.345. The first-order valence-corrected chi connectivity index (χ1v) is 16.8. The largest absolute Gasteiger partial charge is 0.393 e. The van der Waals surface area contributed by atoms with Gasteiger partial charge in [-0.15, -0.1) is 0 Å². The van der Waals surface area contributed by atoms with Crippen LogP contribution in [0.25, 0.3) is 0 Å². The molecule has 0 heterocycles. The van der Waals surface area contributed by atoms with Gasteiger partial charge in [0.25, 0.3) is 0 Å². The van der Waals surface area contributed by atoms with Crippen molar-refractivity contribution in [1.82, 2.24) is 0 Å². The van der Waals surface area contributed by atoms with Gasteiger partial charge in [0.05, 0.1) is 12.2 Å². The number of allylic oxidation sites excluding steroid dienone is 1. The van der Waals surface area contributed by atoms with Crippen molar-refractivity contribution < 1.29 is 15.0 Å². The standard InChI is InChI=1S/C36H60O3/c1-21-14-15-26(16-17-29(38)27-12-10-9-11-13-27)28-19-34(6)20-35(7)18-22(2)31(25(5)37)33(39)36(35,8)24(4)32(34)23(3)30(21)28/h21-22,24,26-33,38-39H,3,9-20H2,1-2,4-8H3. The second-order valence-corrected chi connectivity index (χ2v) is 16.5. The molecule has 0 aromatic carbocycles. The molecule has 13 unspecified atom stereocenters. The number of rotatable bonds is 5. The fraction of sp³-hybridized carbons (Fsp3) is 0.917. The van der Waals surface area contributed by atoms with Crippen LogP contribution < -0.4 is 0 Å². The summed E-state index contributed by atoms with van der Waals surface area (Å²) in [6, 6.07) is 0. The molecule has 5 saturated carbocycles. The van der Waals surface area contributed by atoms with Gasteiger partial charge < -0.3 is 10.2 Å². The van der Waals surface area contributed by atoms with Crippen LogP contribution in [-0.2, 0) is 4.79 Å². The zero-order chi connectivity index (χ0) is 28.5. The molecule has 13 atom stereocenters. The fourth-order valence-corrected chi connectivity index (χ4v) is 12.5. The van der Waals surface area contributed by atoms with Crippen molar-refractivity contribution in [2.45, 2.75) is 138 Å². The lowest BCUT2D eigenvalue weighted by atomic mass is 9.34. The molecule has 0 aliphatic heterocycles. The molecule has 5 fully saturated rings. The maximum atomic E-state index is 12.7. The van der Waals surface area contributed by atoms with Gasteiger partial charge in [0.15, 0.2) is 0 Å². The van der Waals surface area contributed by atoms with E-state index in [0.717, 1.165) is 19.3 Å². The molecule has 5 aliphatic carbocycles. The van der Waals surface area contributed by atoms with Gasteiger partial charge in [-0.2, -0.15) is 0 Å². The molecule has 2 N–H and O–H groups in total. The minimum atomic E-state index is -0.591. The maximum Gasteiger partial charge on any atom is 0.135 e. The lowest BCUT2D eigenvalue weighted by Gasteiger charge is -2.71. The van der Waals surface area contributed by atoms with Crippen molar-refractivity contribution >= 4 is 5.78 Å². The number of hydrogen-bond acceptors (Lipinski definition) is 3. The molecule has 3 heteroatoms. The molecule has 0 amide bonds. The predicted molar refractivity (Wildman–Crippen MR) is 160 cm³/mol. The van der Waals surface area contributed by atoms with E-state index in [1.165, 1.54) is 63.4 Å². The van der Waals surface area contributed by atoms with E-state index in [0.29, 0.717) is 41.4 Å². The Morgan fingerprint density at radius 1 is 1.00 bits per heavy atom. The first-order chi connectivity index (χ1) is 18.2. The smallest absolute Gasteiger partial charge is 0.135 e. The Labute approximate surface area is 240 Å². The Morgan fingerprint density at radius 3 is 2.31 bits per heavy atom. The molecule has 39 heavy (non-hydrogen) atoms. The molecule has 0 radical (unpaired) electrons. The van der Waals surface area contributed by atoms with Crippen molar-refractivity contribution in [2.75, 3.05) is 0 Å². The lowest BCUT2D eigenvalue weighted by Crippen LogP contribution is -2.68. The molecule has 0 bridgehead atoms. The Kier molecular flexibility index (Phi) is 8.07. The Bertz CT molecular complexity index is 936.